The Morgan fingerprint density at radius 3 is 3.00 bits per heavy atom. The predicted octanol–water partition coefficient (Wildman–Crippen LogP) is -0.258. The maximum absolute atomic E-state index is 9.02. The Hall–Kier alpha value is -0.250. The molecule has 0 aromatic carbocycles. The minimum absolute atomic E-state index is 0. The van der Waals surface area contributed by atoms with Gasteiger partial charge in [0.25, 0.3) is 0 Å². The zero-order valence-electron chi connectivity index (χ0n) is 9.90. The summed E-state index contributed by atoms with van der Waals surface area (Å²) in [7, 11) is 0. The van der Waals surface area contributed by atoms with Gasteiger partial charge in [-0.1, -0.05) is 6.08 Å². The van der Waals surface area contributed by atoms with Crippen molar-refractivity contribution in [2.24, 2.45) is 11.8 Å². The van der Waals surface area contributed by atoms with Crippen molar-refractivity contribution in [3.8, 4) is 0 Å². The van der Waals surface area contributed by atoms with Gasteiger partial charge in [-0.05, 0) is 6.20 Å². The van der Waals surface area contributed by atoms with Crippen molar-refractivity contribution in [3.63, 3.8) is 0 Å². The maximum atomic E-state index is 9.02. The summed E-state index contributed by atoms with van der Waals surface area (Å²) in [6, 6.07) is 0. The van der Waals surface area contributed by atoms with Gasteiger partial charge in [0.2, 0.25) is 0 Å². The molecule has 0 saturated heterocycles. The van der Waals surface area contributed by atoms with E-state index >= 15 is 0 Å². The number of aliphatic hydroxyl groups excluding tert-OH is 2. The van der Waals surface area contributed by atoms with Gasteiger partial charge in [0.1, 0.15) is 0 Å². The molecule has 2 atom stereocenters. The van der Waals surface area contributed by atoms with Crippen molar-refractivity contribution in [2.75, 3.05) is 19.7 Å². The zero-order valence-corrected chi connectivity index (χ0v) is 6.71. The van der Waals surface area contributed by atoms with Crippen molar-refractivity contribution in [3.05, 3.63) is 12.3 Å². The van der Waals surface area contributed by atoms with E-state index in [1.54, 1.807) is 0 Å². The summed E-state index contributed by atoms with van der Waals surface area (Å²) in [4.78, 5) is 0. The third-order valence-corrected chi connectivity index (χ3v) is 1.42. The Balaban J connectivity index is 0.00000196. The van der Waals surface area contributed by atoms with Gasteiger partial charge < -0.3 is 15.5 Å². The largest absolute Gasteiger partial charge is 0.396 e. The van der Waals surface area contributed by atoms with E-state index in [1.165, 1.54) is 6.08 Å². The second-order valence-electron chi connectivity index (χ2n) is 2.05. The smallest absolute Gasteiger partial charge is 0.159 e. The van der Waals surface area contributed by atoms with Gasteiger partial charge in [0.15, 0.2) is 1.41 Å². The van der Waals surface area contributed by atoms with Crippen LogP contribution in [0.3, 0.4) is 0 Å². The number of nitrogens with one attached hydrogen (secondary N) is 1. The van der Waals surface area contributed by atoms with Gasteiger partial charge in [0, 0.05) is 35.6 Å². The molecule has 0 spiro atoms. The first kappa shape index (κ1) is 5.41. The molecule has 1 aliphatic heterocycles. The van der Waals surface area contributed by atoms with E-state index in [2.05, 4.69) is 0 Å². The quantitative estimate of drug-likeness (QED) is 0.553. The molecule has 0 aromatic rings. The first-order valence-corrected chi connectivity index (χ1v) is 3.08. The van der Waals surface area contributed by atoms with Gasteiger partial charge in [-0.15, -0.1) is 12.4 Å². The SMILES string of the molecule is Cl.[2H]N1C=CC(CO)C([2H])(CO)C1([2H])[2H]. The van der Waals surface area contributed by atoms with Gasteiger partial charge in [-0.2, -0.15) is 0 Å². The van der Waals surface area contributed by atoms with Crippen LogP contribution in [0.4, 0.5) is 0 Å². The van der Waals surface area contributed by atoms with E-state index in [4.69, 9.17) is 15.7 Å². The van der Waals surface area contributed by atoms with Crippen LogP contribution in [0.15, 0.2) is 12.3 Å². The number of halogens is 1. The van der Waals surface area contributed by atoms with Gasteiger partial charge in [0.05, 0.1) is 0 Å². The molecule has 3 N–H and O–H groups in total. The fourth-order valence-corrected chi connectivity index (χ4v) is 0.790. The minimum Gasteiger partial charge on any atom is -0.396 e. The fraction of sp³-hybridized carbons (Fsp3) is 0.714. The van der Waals surface area contributed by atoms with Crippen molar-refractivity contribution >= 4 is 12.4 Å². The van der Waals surface area contributed by atoms with Crippen molar-refractivity contribution in [2.45, 2.75) is 0 Å². The maximum Gasteiger partial charge on any atom is 0.159 e. The molecule has 4 heteroatoms. The van der Waals surface area contributed by atoms with Crippen molar-refractivity contribution in [1.29, 1.82) is 0 Å². The fourth-order valence-electron chi connectivity index (χ4n) is 0.790. The van der Waals surface area contributed by atoms with Crippen LogP contribution in [0.1, 0.15) is 4.11 Å². The third kappa shape index (κ3) is 2.69. The number of rotatable bonds is 2. The molecule has 0 aromatic heterocycles. The number of aliphatic hydroxyl groups is 2. The van der Waals surface area contributed by atoms with Crippen LogP contribution < -0.4 is 5.31 Å². The Kier molecular flexibility index (Phi) is 2.66. The standard InChI is InChI=1S/C7H13NO2.ClH/c9-4-6-1-2-8-3-7(6)5-10;/h1-2,6-10H,3-5H2;1H/i3D2,7D;/hD. The summed E-state index contributed by atoms with van der Waals surface area (Å²) in [5.41, 5.74) is 0. The molecule has 1 heterocycles. The van der Waals surface area contributed by atoms with Crippen LogP contribution in [-0.2, 0) is 0 Å². The molecule has 2 unspecified atom stereocenters. The monoisotopic (exact) mass is 183 g/mol. The van der Waals surface area contributed by atoms with E-state index < -0.39 is 31.5 Å². The van der Waals surface area contributed by atoms with E-state index in [-0.39, 0.29) is 12.4 Å². The lowest BCUT2D eigenvalue weighted by Crippen LogP contribution is -2.33. The van der Waals surface area contributed by atoms with Crippen LogP contribution >= 0.6 is 12.4 Å². The average molecular weight is 184 g/mol. The average Bonchev–Trinajstić information content (AvgIpc) is 2.15. The molecule has 0 amide bonds. The Morgan fingerprint density at radius 1 is 1.73 bits per heavy atom. The molecule has 0 fully saturated rings. The summed E-state index contributed by atoms with van der Waals surface area (Å²) in [6.45, 7) is -3.48. The first-order valence-electron chi connectivity index (χ1n) is 5.03. The molecular formula is C7H14ClNO2. The summed E-state index contributed by atoms with van der Waals surface area (Å²) in [5, 5.41) is 18.5. The number of hydrogen-bond donors (Lipinski definition) is 3. The molecular weight excluding hydrogens is 166 g/mol. The lowest BCUT2D eigenvalue weighted by atomic mass is 9.92. The van der Waals surface area contributed by atoms with Crippen LogP contribution in [0, 0.1) is 11.8 Å². The van der Waals surface area contributed by atoms with E-state index in [0.717, 1.165) is 6.20 Å². The minimum atomic E-state index is -2.32. The van der Waals surface area contributed by atoms with E-state index in [9.17, 15) is 0 Å². The topological polar surface area (TPSA) is 52.5 Å². The lowest BCUT2D eigenvalue weighted by Gasteiger charge is -2.24. The lowest BCUT2D eigenvalue weighted by molar-refractivity contribution is 0.140. The Morgan fingerprint density at radius 2 is 2.45 bits per heavy atom. The van der Waals surface area contributed by atoms with Gasteiger partial charge in [-0.25, -0.2) is 0 Å². The Bertz CT molecular complexity index is 253. The zero-order chi connectivity index (χ0) is 11.0. The molecule has 11 heavy (non-hydrogen) atoms. The molecule has 3 nitrogen and oxygen atoms in total. The van der Waals surface area contributed by atoms with E-state index in [0.29, 0.717) is 5.31 Å². The summed E-state index contributed by atoms with van der Waals surface area (Å²) in [6.07, 6.45) is 2.51. The molecule has 0 bridgehead atoms. The second kappa shape index (κ2) is 5.41. The summed E-state index contributed by atoms with van der Waals surface area (Å²) in [5.74, 6) is -2.71. The molecule has 0 saturated carbocycles. The molecule has 0 aliphatic carbocycles. The molecule has 1 rings (SSSR count). The second-order valence-corrected chi connectivity index (χ2v) is 2.05. The third-order valence-electron chi connectivity index (χ3n) is 1.42. The summed E-state index contributed by atoms with van der Waals surface area (Å²) < 4.78 is 30.0. The molecule has 1 aliphatic rings. The highest BCUT2D eigenvalue weighted by molar-refractivity contribution is 5.85. The highest BCUT2D eigenvalue weighted by Gasteiger charge is 2.19. The normalized spacial score (nSPS) is 46.4. The van der Waals surface area contributed by atoms with Gasteiger partial charge in [-0.3, -0.25) is 0 Å². The van der Waals surface area contributed by atoms with E-state index in [1.807, 2.05) is 0 Å². The van der Waals surface area contributed by atoms with Crippen LogP contribution in [0.2, 0.25) is 1.41 Å². The highest BCUT2D eigenvalue weighted by atomic mass is 35.5. The summed E-state index contributed by atoms with van der Waals surface area (Å²) >= 11 is 0. The first-order chi connectivity index (χ1) is 6.40. The number of hydrogen-bond acceptors (Lipinski definition) is 3. The predicted molar refractivity (Wildman–Crippen MR) is 45.5 cm³/mol. The molecule has 0 radical (unpaired) electrons. The Labute approximate surface area is 78.2 Å². The highest BCUT2D eigenvalue weighted by Crippen LogP contribution is 2.14. The molecule has 66 valence electrons. The van der Waals surface area contributed by atoms with Crippen LogP contribution in [-0.4, -0.2) is 29.9 Å². The van der Waals surface area contributed by atoms with Crippen LogP contribution in [0.25, 0.3) is 0 Å². The van der Waals surface area contributed by atoms with Gasteiger partial charge >= 0.3 is 0 Å². The van der Waals surface area contributed by atoms with Crippen molar-refractivity contribution in [1.82, 2.24) is 5.31 Å². The van der Waals surface area contributed by atoms with Crippen molar-refractivity contribution < 1.29 is 15.7 Å². The van der Waals surface area contributed by atoms with Crippen LogP contribution in [0.5, 0.6) is 0 Å².